The molecule has 0 bridgehead atoms. The Balaban J connectivity index is 3.05. The predicted molar refractivity (Wildman–Crippen MR) is 44.8 cm³/mol. The minimum Gasteiger partial charge on any atom is -0.401 e. The zero-order valence-electron chi connectivity index (χ0n) is 7.35. The van der Waals surface area contributed by atoms with Gasteiger partial charge in [-0.1, -0.05) is 13.8 Å². The highest BCUT2D eigenvalue weighted by Crippen LogP contribution is 2.34. The van der Waals surface area contributed by atoms with Crippen LogP contribution in [0.3, 0.4) is 0 Å². The van der Waals surface area contributed by atoms with E-state index in [1.54, 1.807) is 0 Å². The van der Waals surface area contributed by atoms with Crippen molar-refractivity contribution in [2.75, 3.05) is 0 Å². The summed E-state index contributed by atoms with van der Waals surface area (Å²) >= 11 is 0. The first-order valence-corrected chi connectivity index (χ1v) is 3.88. The molecule has 12 heavy (non-hydrogen) atoms. The van der Waals surface area contributed by atoms with E-state index in [4.69, 9.17) is 11.0 Å². The molecule has 0 aromatic heterocycles. The van der Waals surface area contributed by atoms with Gasteiger partial charge in [0.05, 0.1) is 0 Å². The number of rotatable bonds is 0. The first kappa shape index (κ1) is 8.79. The average Bonchev–Trinajstić information content (AvgIpc) is 1.82. The van der Waals surface area contributed by atoms with Crippen molar-refractivity contribution in [1.29, 1.82) is 5.26 Å². The molecule has 1 aliphatic carbocycles. The van der Waals surface area contributed by atoms with Gasteiger partial charge in [-0.05, 0) is 11.8 Å². The van der Waals surface area contributed by atoms with Gasteiger partial charge in [-0.2, -0.15) is 5.26 Å². The summed E-state index contributed by atoms with van der Waals surface area (Å²) in [5.41, 5.74) is 6.11. The van der Waals surface area contributed by atoms with Crippen LogP contribution in [0.5, 0.6) is 0 Å². The van der Waals surface area contributed by atoms with Crippen molar-refractivity contribution in [3.8, 4) is 6.07 Å². The molecule has 0 aromatic rings. The molecule has 0 heterocycles. The number of nitrogens with two attached hydrogens (primary N) is 1. The third kappa shape index (κ3) is 1.48. The summed E-state index contributed by atoms with van der Waals surface area (Å²) in [5.74, 6) is -0.119. The van der Waals surface area contributed by atoms with E-state index in [0.29, 0.717) is 18.5 Å². The lowest BCUT2D eigenvalue weighted by Gasteiger charge is -2.28. The Kier molecular flexibility index (Phi) is 1.93. The van der Waals surface area contributed by atoms with Crippen LogP contribution in [-0.4, -0.2) is 5.78 Å². The van der Waals surface area contributed by atoms with Gasteiger partial charge in [-0.3, -0.25) is 4.79 Å². The number of hydrogen-bond acceptors (Lipinski definition) is 3. The summed E-state index contributed by atoms with van der Waals surface area (Å²) < 4.78 is 0. The van der Waals surface area contributed by atoms with E-state index in [1.165, 1.54) is 0 Å². The Hall–Kier alpha value is -1.30. The van der Waals surface area contributed by atoms with E-state index in [1.807, 2.05) is 19.9 Å². The monoisotopic (exact) mass is 164 g/mol. The molecule has 0 aliphatic heterocycles. The van der Waals surface area contributed by atoms with Crippen molar-refractivity contribution in [3.05, 3.63) is 11.3 Å². The highest BCUT2D eigenvalue weighted by Gasteiger charge is 2.31. The smallest absolute Gasteiger partial charge is 0.175 e. The van der Waals surface area contributed by atoms with Crippen LogP contribution >= 0.6 is 0 Å². The second-order valence-corrected chi connectivity index (χ2v) is 3.95. The molecule has 64 valence electrons. The molecule has 0 spiro atoms. The fourth-order valence-corrected chi connectivity index (χ4v) is 1.50. The molecule has 0 saturated carbocycles. The van der Waals surface area contributed by atoms with Gasteiger partial charge in [0.2, 0.25) is 0 Å². The fraction of sp³-hybridized carbons (Fsp3) is 0.556. The predicted octanol–water partition coefficient (Wildman–Crippen LogP) is 1.11. The van der Waals surface area contributed by atoms with E-state index >= 15 is 0 Å². The number of hydrogen-bond donors (Lipinski definition) is 1. The normalized spacial score (nSPS) is 22.2. The molecule has 0 aromatic carbocycles. The van der Waals surface area contributed by atoms with Crippen LogP contribution in [0.15, 0.2) is 11.3 Å². The van der Waals surface area contributed by atoms with E-state index in [-0.39, 0.29) is 16.8 Å². The highest BCUT2D eigenvalue weighted by molar-refractivity contribution is 6.00. The van der Waals surface area contributed by atoms with E-state index < -0.39 is 0 Å². The van der Waals surface area contributed by atoms with Gasteiger partial charge in [-0.15, -0.1) is 0 Å². The third-order valence-electron chi connectivity index (χ3n) is 2.02. The molecule has 0 radical (unpaired) electrons. The van der Waals surface area contributed by atoms with Crippen molar-refractivity contribution in [2.24, 2.45) is 11.1 Å². The van der Waals surface area contributed by atoms with Crippen LogP contribution in [-0.2, 0) is 4.79 Å². The lowest BCUT2D eigenvalue weighted by atomic mass is 9.76. The Bertz CT molecular complexity index is 294. The maximum absolute atomic E-state index is 11.3. The molecule has 3 heteroatoms. The fourth-order valence-electron chi connectivity index (χ4n) is 1.50. The molecule has 1 rings (SSSR count). The number of carbonyl (C=O) groups excluding carboxylic acids is 1. The van der Waals surface area contributed by atoms with Crippen molar-refractivity contribution in [3.63, 3.8) is 0 Å². The number of Topliss-reactive ketones (excluding diaryl/α,β-unsaturated/α-hetero) is 1. The standard InChI is InChI=1S/C9H12N2O/c1-9(2)3-7(11)6(5-10)8(12)4-9/h3-4,11H2,1-2H3. The molecule has 3 nitrogen and oxygen atoms in total. The molecule has 0 saturated heterocycles. The van der Waals surface area contributed by atoms with Gasteiger partial charge < -0.3 is 5.73 Å². The Morgan fingerprint density at radius 3 is 2.50 bits per heavy atom. The van der Waals surface area contributed by atoms with Crippen LogP contribution in [0.25, 0.3) is 0 Å². The Morgan fingerprint density at radius 1 is 1.50 bits per heavy atom. The maximum Gasteiger partial charge on any atom is 0.175 e. The summed E-state index contributed by atoms with van der Waals surface area (Å²) in [7, 11) is 0. The summed E-state index contributed by atoms with van der Waals surface area (Å²) in [6.07, 6.45) is 1.07. The van der Waals surface area contributed by atoms with E-state index in [9.17, 15) is 4.79 Å². The van der Waals surface area contributed by atoms with E-state index in [0.717, 1.165) is 0 Å². The molecule has 0 unspecified atom stereocenters. The number of allylic oxidation sites excluding steroid dienone is 2. The summed E-state index contributed by atoms with van der Waals surface area (Å²) in [4.78, 5) is 11.3. The van der Waals surface area contributed by atoms with Crippen molar-refractivity contribution in [2.45, 2.75) is 26.7 Å². The molecule has 0 fully saturated rings. The quantitative estimate of drug-likeness (QED) is 0.583. The average molecular weight is 164 g/mol. The van der Waals surface area contributed by atoms with Crippen LogP contribution < -0.4 is 5.73 Å². The van der Waals surface area contributed by atoms with Crippen LogP contribution in [0.4, 0.5) is 0 Å². The summed E-state index contributed by atoms with van der Waals surface area (Å²) in [5, 5.41) is 8.59. The Labute approximate surface area is 71.9 Å². The molecule has 2 N–H and O–H groups in total. The zero-order chi connectivity index (χ0) is 9.35. The third-order valence-corrected chi connectivity index (χ3v) is 2.02. The molecular formula is C9H12N2O. The van der Waals surface area contributed by atoms with E-state index in [2.05, 4.69) is 0 Å². The van der Waals surface area contributed by atoms with Gasteiger partial charge in [-0.25, -0.2) is 0 Å². The first-order chi connectivity index (χ1) is 5.46. The first-order valence-electron chi connectivity index (χ1n) is 3.88. The van der Waals surface area contributed by atoms with Gasteiger partial charge in [0.1, 0.15) is 11.6 Å². The van der Waals surface area contributed by atoms with Gasteiger partial charge in [0.25, 0.3) is 0 Å². The lowest BCUT2D eigenvalue weighted by Crippen LogP contribution is -2.28. The summed E-state index contributed by atoms with van der Waals surface area (Å²) in [6.45, 7) is 3.96. The second kappa shape index (κ2) is 2.63. The van der Waals surface area contributed by atoms with Crippen LogP contribution in [0, 0.1) is 16.7 Å². The number of ketones is 1. The van der Waals surface area contributed by atoms with Crippen LogP contribution in [0.2, 0.25) is 0 Å². The molecule has 0 amide bonds. The number of carbonyl (C=O) groups is 1. The zero-order valence-corrected chi connectivity index (χ0v) is 7.35. The minimum atomic E-state index is -0.119. The second-order valence-electron chi connectivity index (χ2n) is 3.95. The minimum absolute atomic E-state index is 0.0818. The van der Waals surface area contributed by atoms with Gasteiger partial charge >= 0.3 is 0 Å². The Morgan fingerprint density at radius 2 is 2.08 bits per heavy atom. The largest absolute Gasteiger partial charge is 0.401 e. The molecule has 1 aliphatic rings. The summed E-state index contributed by atoms with van der Waals surface area (Å²) in [6, 6.07) is 1.85. The van der Waals surface area contributed by atoms with Crippen LogP contribution in [0.1, 0.15) is 26.7 Å². The van der Waals surface area contributed by atoms with Crippen molar-refractivity contribution < 1.29 is 4.79 Å². The van der Waals surface area contributed by atoms with Crippen molar-refractivity contribution in [1.82, 2.24) is 0 Å². The van der Waals surface area contributed by atoms with Gasteiger partial charge in [0.15, 0.2) is 5.78 Å². The van der Waals surface area contributed by atoms with Crippen molar-refractivity contribution >= 4 is 5.78 Å². The highest BCUT2D eigenvalue weighted by atomic mass is 16.1. The molecule has 0 atom stereocenters. The molecular weight excluding hydrogens is 152 g/mol. The number of nitrogens with zero attached hydrogens (tertiary/aromatic N) is 1. The topological polar surface area (TPSA) is 66.9 Å². The SMILES string of the molecule is CC1(C)CC(=O)C(C#N)=C(N)C1. The lowest BCUT2D eigenvalue weighted by molar-refractivity contribution is -0.117. The maximum atomic E-state index is 11.3. The number of nitriles is 1. The van der Waals surface area contributed by atoms with Gasteiger partial charge in [0, 0.05) is 12.1 Å².